The van der Waals surface area contributed by atoms with Crippen LogP contribution in [0.1, 0.15) is 30.5 Å². The maximum absolute atomic E-state index is 12.0. The summed E-state index contributed by atoms with van der Waals surface area (Å²) in [5.74, 6) is 0.984. The minimum Gasteiger partial charge on any atom is -0.387 e. The van der Waals surface area contributed by atoms with Gasteiger partial charge in [0.25, 0.3) is 6.43 Å². The number of aromatic nitrogens is 2. The summed E-state index contributed by atoms with van der Waals surface area (Å²) < 4.78 is 28.6. The van der Waals surface area contributed by atoms with E-state index in [0.29, 0.717) is 11.7 Å². The van der Waals surface area contributed by atoms with Gasteiger partial charge in [0.1, 0.15) is 6.10 Å². The lowest BCUT2D eigenvalue weighted by Gasteiger charge is -2.04. The Labute approximate surface area is 78.9 Å². The van der Waals surface area contributed by atoms with Gasteiger partial charge in [0.15, 0.2) is 5.82 Å². The van der Waals surface area contributed by atoms with E-state index in [9.17, 15) is 8.78 Å². The van der Waals surface area contributed by atoms with Gasteiger partial charge in [0.05, 0.1) is 6.42 Å². The molecule has 0 aliphatic heterocycles. The molecule has 4 nitrogen and oxygen atoms in total. The standard InChI is InChI=1S/C8H10F2N2O2/c9-7(10)5(13)3-6-11-8(12-14-6)4-1-2-4/h4-5,7,13H,1-3H2. The van der Waals surface area contributed by atoms with Gasteiger partial charge in [0, 0.05) is 5.92 Å². The fraction of sp³-hybridized carbons (Fsp3) is 0.750. The van der Waals surface area contributed by atoms with Crippen molar-refractivity contribution in [2.75, 3.05) is 0 Å². The number of nitrogens with zero attached hydrogens (tertiary/aromatic N) is 2. The third kappa shape index (κ3) is 2.06. The van der Waals surface area contributed by atoms with Crippen molar-refractivity contribution in [3.8, 4) is 0 Å². The van der Waals surface area contributed by atoms with Crippen LogP contribution in [0.25, 0.3) is 0 Å². The van der Waals surface area contributed by atoms with Crippen LogP contribution in [0, 0.1) is 0 Å². The number of alkyl halides is 2. The lowest BCUT2D eigenvalue weighted by atomic mass is 10.2. The molecule has 1 N–H and O–H groups in total. The number of hydrogen-bond donors (Lipinski definition) is 1. The molecule has 78 valence electrons. The molecule has 0 amide bonds. The Morgan fingerprint density at radius 3 is 2.79 bits per heavy atom. The molecule has 0 aromatic carbocycles. The Hall–Kier alpha value is -1.04. The summed E-state index contributed by atoms with van der Waals surface area (Å²) in [7, 11) is 0. The highest BCUT2D eigenvalue weighted by Gasteiger charge is 2.29. The van der Waals surface area contributed by atoms with Crippen molar-refractivity contribution in [3.63, 3.8) is 0 Å². The second-order valence-corrected chi connectivity index (χ2v) is 3.43. The molecular formula is C8H10F2N2O2. The Morgan fingerprint density at radius 2 is 2.21 bits per heavy atom. The molecule has 2 rings (SSSR count). The van der Waals surface area contributed by atoms with Crippen molar-refractivity contribution in [3.05, 3.63) is 11.7 Å². The molecule has 1 aliphatic rings. The maximum atomic E-state index is 12.0. The summed E-state index contributed by atoms with van der Waals surface area (Å²) in [6.45, 7) is 0. The topological polar surface area (TPSA) is 59.2 Å². The summed E-state index contributed by atoms with van der Waals surface area (Å²) in [6.07, 6.45) is -2.72. The fourth-order valence-electron chi connectivity index (χ4n) is 1.13. The molecular weight excluding hydrogens is 194 g/mol. The third-order valence-corrected chi connectivity index (χ3v) is 2.10. The molecule has 1 heterocycles. The highest BCUT2D eigenvalue weighted by Crippen LogP contribution is 2.38. The predicted octanol–water partition coefficient (Wildman–Crippen LogP) is 1.12. The summed E-state index contributed by atoms with van der Waals surface area (Å²) in [5.41, 5.74) is 0. The van der Waals surface area contributed by atoms with Crippen molar-refractivity contribution < 1.29 is 18.4 Å². The van der Waals surface area contributed by atoms with Crippen LogP contribution in [-0.4, -0.2) is 27.8 Å². The normalized spacial score (nSPS) is 18.9. The molecule has 1 aliphatic carbocycles. The molecule has 1 unspecified atom stereocenters. The van der Waals surface area contributed by atoms with Gasteiger partial charge in [-0.25, -0.2) is 8.78 Å². The first-order chi connectivity index (χ1) is 6.66. The summed E-state index contributed by atoms with van der Waals surface area (Å²) in [6, 6.07) is 0. The van der Waals surface area contributed by atoms with Crippen LogP contribution in [0.3, 0.4) is 0 Å². The van der Waals surface area contributed by atoms with Crippen LogP contribution in [-0.2, 0) is 6.42 Å². The number of rotatable bonds is 4. The zero-order chi connectivity index (χ0) is 10.1. The van der Waals surface area contributed by atoms with Crippen molar-refractivity contribution in [1.82, 2.24) is 10.1 Å². The molecule has 1 aromatic heterocycles. The Morgan fingerprint density at radius 1 is 1.50 bits per heavy atom. The first-order valence-corrected chi connectivity index (χ1v) is 4.45. The van der Waals surface area contributed by atoms with Crippen LogP contribution in [0.5, 0.6) is 0 Å². The minimum atomic E-state index is -2.77. The van der Waals surface area contributed by atoms with Crippen molar-refractivity contribution in [2.24, 2.45) is 0 Å². The highest BCUT2D eigenvalue weighted by molar-refractivity contribution is 5.03. The van der Waals surface area contributed by atoms with E-state index in [1.54, 1.807) is 0 Å². The van der Waals surface area contributed by atoms with Crippen LogP contribution in [0.15, 0.2) is 4.52 Å². The molecule has 1 saturated carbocycles. The summed E-state index contributed by atoms with van der Waals surface area (Å²) in [5, 5.41) is 12.5. The van der Waals surface area contributed by atoms with Crippen LogP contribution >= 0.6 is 0 Å². The van der Waals surface area contributed by atoms with Gasteiger partial charge >= 0.3 is 0 Å². The van der Waals surface area contributed by atoms with Gasteiger partial charge in [-0.1, -0.05) is 5.16 Å². The van der Waals surface area contributed by atoms with Gasteiger partial charge in [-0.3, -0.25) is 0 Å². The fourth-order valence-corrected chi connectivity index (χ4v) is 1.13. The van der Waals surface area contributed by atoms with Crippen molar-refractivity contribution in [2.45, 2.75) is 37.7 Å². The maximum Gasteiger partial charge on any atom is 0.264 e. The predicted molar refractivity (Wildman–Crippen MR) is 42.0 cm³/mol. The molecule has 1 aromatic rings. The monoisotopic (exact) mass is 204 g/mol. The molecule has 6 heteroatoms. The average Bonchev–Trinajstić information content (AvgIpc) is 2.88. The molecule has 1 atom stereocenters. The van der Waals surface area contributed by atoms with Crippen LogP contribution in [0.2, 0.25) is 0 Å². The molecule has 0 radical (unpaired) electrons. The van der Waals surface area contributed by atoms with E-state index in [4.69, 9.17) is 9.63 Å². The van der Waals surface area contributed by atoms with E-state index in [2.05, 4.69) is 10.1 Å². The molecule has 0 bridgehead atoms. The number of aliphatic hydroxyl groups excluding tert-OH is 1. The first kappa shape index (κ1) is 9.51. The van der Waals surface area contributed by atoms with Gasteiger partial charge in [-0.2, -0.15) is 4.98 Å². The summed E-state index contributed by atoms with van der Waals surface area (Å²) in [4.78, 5) is 3.92. The summed E-state index contributed by atoms with van der Waals surface area (Å²) >= 11 is 0. The van der Waals surface area contributed by atoms with E-state index in [0.717, 1.165) is 12.8 Å². The number of aliphatic hydroxyl groups is 1. The lowest BCUT2D eigenvalue weighted by molar-refractivity contribution is -0.00754. The molecule has 0 spiro atoms. The quantitative estimate of drug-likeness (QED) is 0.798. The lowest BCUT2D eigenvalue weighted by Crippen LogP contribution is -2.20. The number of hydrogen-bond acceptors (Lipinski definition) is 4. The van der Waals surface area contributed by atoms with Gasteiger partial charge in [-0.05, 0) is 12.8 Å². The van der Waals surface area contributed by atoms with E-state index in [1.165, 1.54) is 0 Å². The van der Waals surface area contributed by atoms with E-state index >= 15 is 0 Å². The minimum absolute atomic E-state index is 0.0831. The van der Waals surface area contributed by atoms with Crippen LogP contribution in [0.4, 0.5) is 8.78 Å². The zero-order valence-corrected chi connectivity index (χ0v) is 7.36. The Balaban J connectivity index is 1.95. The Kier molecular flexibility index (Phi) is 2.45. The average molecular weight is 204 g/mol. The molecule has 1 fully saturated rings. The third-order valence-electron chi connectivity index (χ3n) is 2.10. The Bertz CT molecular complexity index is 312. The van der Waals surface area contributed by atoms with Gasteiger partial charge < -0.3 is 9.63 Å². The van der Waals surface area contributed by atoms with Gasteiger partial charge in [-0.15, -0.1) is 0 Å². The second-order valence-electron chi connectivity index (χ2n) is 3.43. The molecule has 14 heavy (non-hydrogen) atoms. The van der Waals surface area contributed by atoms with Crippen molar-refractivity contribution in [1.29, 1.82) is 0 Å². The number of halogens is 2. The van der Waals surface area contributed by atoms with Crippen molar-refractivity contribution >= 4 is 0 Å². The largest absolute Gasteiger partial charge is 0.387 e. The molecule has 0 saturated heterocycles. The highest BCUT2D eigenvalue weighted by atomic mass is 19.3. The second kappa shape index (κ2) is 3.61. The van der Waals surface area contributed by atoms with E-state index in [1.807, 2.05) is 0 Å². The van der Waals surface area contributed by atoms with E-state index in [-0.39, 0.29) is 12.3 Å². The first-order valence-electron chi connectivity index (χ1n) is 4.45. The van der Waals surface area contributed by atoms with Crippen LogP contribution < -0.4 is 0 Å². The van der Waals surface area contributed by atoms with Gasteiger partial charge in [0.2, 0.25) is 5.89 Å². The van der Waals surface area contributed by atoms with E-state index < -0.39 is 12.5 Å². The SMILES string of the molecule is OC(Cc1nc(C2CC2)no1)C(F)F. The smallest absolute Gasteiger partial charge is 0.264 e. The zero-order valence-electron chi connectivity index (χ0n) is 7.36.